The summed E-state index contributed by atoms with van der Waals surface area (Å²) in [5, 5.41) is 0. The van der Waals surface area contributed by atoms with Crippen molar-refractivity contribution >= 4 is 17.4 Å². The van der Waals surface area contributed by atoms with Gasteiger partial charge in [-0.2, -0.15) is 0 Å². The fraction of sp³-hybridized carbons (Fsp3) is 0.545. The van der Waals surface area contributed by atoms with Crippen LogP contribution in [-0.4, -0.2) is 29.1 Å². The number of Topliss-reactive ketones (excluding diaryl/α,β-unsaturated/α-hetero) is 1. The summed E-state index contributed by atoms with van der Waals surface area (Å²) in [4.78, 5) is 13.5. The van der Waals surface area contributed by atoms with Crippen molar-refractivity contribution < 1.29 is 4.79 Å². The second kappa shape index (κ2) is 5.20. The Morgan fingerprint density at radius 3 is 3.00 bits per heavy atom. The van der Waals surface area contributed by atoms with Gasteiger partial charge < -0.3 is 4.90 Å². The van der Waals surface area contributed by atoms with Gasteiger partial charge in [-0.25, -0.2) is 0 Å². The molecule has 0 aromatic carbocycles. The Bertz CT molecular complexity index is 270. The van der Waals surface area contributed by atoms with E-state index >= 15 is 0 Å². The zero-order chi connectivity index (χ0) is 10.6. The van der Waals surface area contributed by atoms with E-state index in [9.17, 15) is 4.79 Å². The topological polar surface area (TPSA) is 20.3 Å². The molecule has 0 radical (unpaired) electrons. The maximum atomic E-state index is 11.3. The molecule has 78 valence electrons. The van der Waals surface area contributed by atoms with Gasteiger partial charge in [0.15, 0.2) is 5.78 Å². The van der Waals surface area contributed by atoms with Crippen LogP contribution >= 0.6 is 11.6 Å². The second-order valence-electron chi connectivity index (χ2n) is 3.61. The van der Waals surface area contributed by atoms with E-state index in [1.807, 2.05) is 25.3 Å². The first-order valence-electron chi connectivity index (χ1n) is 4.83. The number of rotatable bonds is 3. The second-order valence-corrected chi connectivity index (χ2v) is 3.92. The van der Waals surface area contributed by atoms with Crippen molar-refractivity contribution in [2.45, 2.75) is 26.3 Å². The summed E-state index contributed by atoms with van der Waals surface area (Å²) in [6, 6.07) is 0.297. The summed E-state index contributed by atoms with van der Waals surface area (Å²) in [7, 11) is 0. The van der Waals surface area contributed by atoms with Crippen LogP contribution in [0.15, 0.2) is 23.9 Å². The third-order valence-electron chi connectivity index (χ3n) is 2.42. The average molecular weight is 214 g/mol. The van der Waals surface area contributed by atoms with Gasteiger partial charge in [0, 0.05) is 36.7 Å². The van der Waals surface area contributed by atoms with Gasteiger partial charge in [-0.15, -0.1) is 11.6 Å². The largest absolute Gasteiger partial charge is 0.370 e. The summed E-state index contributed by atoms with van der Waals surface area (Å²) in [5.41, 5.74) is 0.849. The van der Waals surface area contributed by atoms with Crippen LogP contribution in [0.4, 0.5) is 0 Å². The first kappa shape index (κ1) is 11.3. The van der Waals surface area contributed by atoms with E-state index in [2.05, 4.69) is 11.8 Å². The zero-order valence-corrected chi connectivity index (χ0v) is 9.42. The third kappa shape index (κ3) is 2.88. The van der Waals surface area contributed by atoms with Crippen molar-refractivity contribution in [1.82, 2.24) is 4.90 Å². The molecule has 1 aliphatic heterocycles. The molecule has 0 N–H and O–H groups in total. The highest BCUT2D eigenvalue weighted by Crippen LogP contribution is 2.16. The van der Waals surface area contributed by atoms with Gasteiger partial charge in [0.1, 0.15) is 0 Å². The van der Waals surface area contributed by atoms with E-state index in [1.165, 1.54) is 0 Å². The van der Waals surface area contributed by atoms with Gasteiger partial charge in [0.05, 0.1) is 0 Å². The van der Waals surface area contributed by atoms with Crippen LogP contribution in [0.25, 0.3) is 0 Å². The van der Waals surface area contributed by atoms with Crippen molar-refractivity contribution in [2.75, 3.05) is 12.4 Å². The van der Waals surface area contributed by atoms with Crippen molar-refractivity contribution in [2.24, 2.45) is 0 Å². The van der Waals surface area contributed by atoms with E-state index in [4.69, 9.17) is 11.6 Å². The molecule has 2 nitrogen and oxygen atoms in total. The lowest BCUT2D eigenvalue weighted by Crippen LogP contribution is -2.35. The van der Waals surface area contributed by atoms with E-state index in [0.717, 1.165) is 12.1 Å². The fourth-order valence-corrected chi connectivity index (χ4v) is 1.61. The summed E-state index contributed by atoms with van der Waals surface area (Å²) >= 11 is 5.53. The first-order valence-corrected chi connectivity index (χ1v) is 5.37. The molecule has 1 unspecified atom stereocenters. The van der Waals surface area contributed by atoms with Crippen molar-refractivity contribution in [3.63, 3.8) is 0 Å². The molecule has 0 fully saturated rings. The maximum Gasteiger partial charge on any atom is 0.162 e. The minimum atomic E-state index is 0.259. The summed E-state index contributed by atoms with van der Waals surface area (Å²) in [5.74, 6) is 0.805. The molecule has 0 amide bonds. The van der Waals surface area contributed by atoms with Gasteiger partial charge >= 0.3 is 0 Å². The highest BCUT2D eigenvalue weighted by Gasteiger charge is 2.20. The molecule has 1 rings (SSSR count). The van der Waals surface area contributed by atoms with Crippen molar-refractivity contribution in [1.29, 1.82) is 0 Å². The van der Waals surface area contributed by atoms with E-state index in [-0.39, 0.29) is 5.78 Å². The van der Waals surface area contributed by atoms with Crippen LogP contribution < -0.4 is 0 Å². The lowest BCUT2D eigenvalue weighted by atomic mass is 10.0. The number of hydrogen-bond donors (Lipinski definition) is 0. The minimum Gasteiger partial charge on any atom is -0.370 e. The quantitative estimate of drug-likeness (QED) is 0.530. The van der Waals surface area contributed by atoms with Crippen molar-refractivity contribution in [3.8, 4) is 0 Å². The molecule has 1 heterocycles. The first-order chi connectivity index (χ1) is 6.65. The van der Waals surface area contributed by atoms with Gasteiger partial charge in [-0.3, -0.25) is 4.79 Å². The summed E-state index contributed by atoms with van der Waals surface area (Å²) in [6.07, 6.45) is 6.52. The van der Waals surface area contributed by atoms with Crippen molar-refractivity contribution in [3.05, 3.63) is 23.9 Å². The average Bonchev–Trinajstić information content (AvgIpc) is 2.14. The molecule has 3 heteroatoms. The van der Waals surface area contributed by atoms with Crippen LogP contribution in [0.1, 0.15) is 20.3 Å². The zero-order valence-electron chi connectivity index (χ0n) is 8.66. The minimum absolute atomic E-state index is 0.259. The number of hydrogen-bond acceptors (Lipinski definition) is 2. The Kier molecular flexibility index (Phi) is 4.21. The molecule has 0 saturated carbocycles. The molecule has 0 saturated heterocycles. The van der Waals surface area contributed by atoms with E-state index in [0.29, 0.717) is 18.3 Å². The lowest BCUT2D eigenvalue weighted by Gasteiger charge is -2.30. The number of ketones is 1. The Balaban J connectivity index is 2.60. The molecule has 0 aliphatic carbocycles. The SMILES string of the molecule is CC1=CN(CC=CCCl)C(C)CC1=O. The lowest BCUT2D eigenvalue weighted by molar-refractivity contribution is -0.117. The third-order valence-corrected chi connectivity index (χ3v) is 2.60. The van der Waals surface area contributed by atoms with Gasteiger partial charge in [0.2, 0.25) is 0 Å². The Hall–Kier alpha value is -0.760. The number of alkyl halides is 1. The molecule has 14 heavy (non-hydrogen) atoms. The Morgan fingerprint density at radius 1 is 1.64 bits per heavy atom. The Morgan fingerprint density at radius 2 is 2.36 bits per heavy atom. The molecule has 0 spiro atoms. The van der Waals surface area contributed by atoms with Gasteiger partial charge in [0.25, 0.3) is 0 Å². The van der Waals surface area contributed by atoms with Crippen LogP contribution in [0.2, 0.25) is 0 Å². The van der Waals surface area contributed by atoms with Crippen LogP contribution in [-0.2, 0) is 4.79 Å². The number of carbonyl (C=O) groups is 1. The predicted octanol–water partition coefficient (Wildman–Crippen LogP) is 2.35. The highest BCUT2D eigenvalue weighted by molar-refractivity contribution is 6.18. The molecule has 0 aromatic heterocycles. The highest BCUT2D eigenvalue weighted by atomic mass is 35.5. The fourth-order valence-electron chi connectivity index (χ4n) is 1.49. The summed E-state index contributed by atoms with van der Waals surface area (Å²) in [6.45, 7) is 4.76. The number of halogens is 1. The van der Waals surface area contributed by atoms with Crippen LogP contribution in [0, 0.1) is 0 Å². The predicted molar refractivity (Wildman–Crippen MR) is 59.4 cm³/mol. The van der Waals surface area contributed by atoms with Gasteiger partial charge in [-0.1, -0.05) is 12.2 Å². The number of nitrogens with zero attached hydrogens (tertiary/aromatic N) is 1. The molecule has 1 atom stereocenters. The van der Waals surface area contributed by atoms with Crippen LogP contribution in [0.3, 0.4) is 0 Å². The standard InChI is InChI=1S/C11H16ClNO/c1-9-8-13(6-4-3-5-12)10(2)7-11(9)14/h3-4,8,10H,5-7H2,1-2H3. The summed E-state index contributed by atoms with van der Waals surface area (Å²) < 4.78 is 0. The molecule has 0 aromatic rings. The molecule has 1 aliphatic rings. The molecular weight excluding hydrogens is 198 g/mol. The van der Waals surface area contributed by atoms with Crippen LogP contribution in [0.5, 0.6) is 0 Å². The van der Waals surface area contributed by atoms with Gasteiger partial charge in [-0.05, 0) is 13.8 Å². The molecule has 0 bridgehead atoms. The monoisotopic (exact) mass is 213 g/mol. The maximum absolute atomic E-state index is 11.3. The van der Waals surface area contributed by atoms with E-state index < -0.39 is 0 Å². The van der Waals surface area contributed by atoms with E-state index in [1.54, 1.807) is 0 Å². The normalized spacial score (nSPS) is 23.1. The Labute approximate surface area is 90.2 Å². The number of carbonyl (C=O) groups excluding carboxylic acids is 1. The number of allylic oxidation sites excluding steroid dienone is 2. The molecular formula is C11H16ClNO. The smallest absolute Gasteiger partial charge is 0.162 e.